The van der Waals surface area contributed by atoms with Crippen LogP contribution in [-0.2, 0) is 9.53 Å². The summed E-state index contributed by atoms with van der Waals surface area (Å²) >= 11 is 0. The summed E-state index contributed by atoms with van der Waals surface area (Å²) < 4.78 is 24.1. The lowest BCUT2D eigenvalue weighted by Crippen LogP contribution is -2.32. The van der Waals surface area contributed by atoms with E-state index in [1.807, 2.05) is 6.92 Å². The average molecular weight is 342 g/mol. The van der Waals surface area contributed by atoms with Crippen molar-refractivity contribution in [2.75, 3.05) is 13.7 Å². The van der Waals surface area contributed by atoms with E-state index in [1.165, 1.54) is 19.2 Å². The van der Waals surface area contributed by atoms with Crippen molar-refractivity contribution in [2.24, 2.45) is 5.41 Å². The van der Waals surface area contributed by atoms with Crippen molar-refractivity contribution in [1.29, 1.82) is 5.26 Å². The van der Waals surface area contributed by atoms with Crippen LogP contribution in [0.4, 0.5) is 4.39 Å². The molecule has 0 aliphatic carbocycles. The Kier molecular flexibility index (Phi) is 5.38. The lowest BCUT2D eigenvalue weighted by Gasteiger charge is -2.21. The summed E-state index contributed by atoms with van der Waals surface area (Å²) in [6.07, 6.45) is 1.58. The maximum Gasteiger partial charge on any atom is 0.314 e. The van der Waals surface area contributed by atoms with Crippen LogP contribution in [-0.4, -0.2) is 24.7 Å². The largest absolute Gasteiger partial charge is 0.476 e. The number of nitriles is 1. The fraction of sp³-hybridized carbons (Fsp3) is 0.316. The summed E-state index contributed by atoms with van der Waals surface area (Å²) in [5, 5.41) is 8.80. The van der Waals surface area contributed by atoms with Crippen molar-refractivity contribution >= 4 is 5.97 Å². The molecule has 2 rings (SSSR count). The first-order chi connectivity index (χ1) is 11.8. The first kappa shape index (κ1) is 18.4. The quantitative estimate of drug-likeness (QED) is 0.776. The molecule has 1 aromatic heterocycles. The smallest absolute Gasteiger partial charge is 0.314 e. The summed E-state index contributed by atoms with van der Waals surface area (Å²) in [5.74, 6) is -0.569. The Labute approximate surface area is 146 Å². The van der Waals surface area contributed by atoms with Gasteiger partial charge in [-0.25, -0.2) is 9.37 Å². The highest BCUT2D eigenvalue weighted by atomic mass is 19.1. The van der Waals surface area contributed by atoms with Gasteiger partial charge in [-0.1, -0.05) is 6.07 Å². The minimum absolute atomic E-state index is 0.000595. The fourth-order valence-electron chi connectivity index (χ4n) is 2.27. The van der Waals surface area contributed by atoms with Gasteiger partial charge in [-0.15, -0.1) is 0 Å². The van der Waals surface area contributed by atoms with E-state index in [1.54, 1.807) is 38.2 Å². The second-order valence-electron chi connectivity index (χ2n) is 6.31. The number of benzene rings is 1. The zero-order chi connectivity index (χ0) is 18.6. The van der Waals surface area contributed by atoms with Gasteiger partial charge in [0, 0.05) is 17.8 Å². The molecule has 0 saturated carbocycles. The lowest BCUT2D eigenvalue weighted by atomic mass is 9.95. The Morgan fingerprint density at radius 3 is 2.64 bits per heavy atom. The molecular weight excluding hydrogens is 323 g/mol. The van der Waals surface area contributed by atoms with Crippen molar-refractivity contribution in [1.82, 2.24) is 4.98 Å². The Morgan fingerprint density at radius 1 is 1.36 bits per heavy atom. The topological polar surface area (TPSA) is 72.2 Å². The molecule has 0 radical (unpaired) electrons. The number of aryl methyl sites for hydroxylation is 1. The zero-order valence-corrected chi connectivity index (χ0v) is 14.6. The van der Waals surface area contributed by atoms with Crippen LogP contribution in [0.5, 0.6) is 5.88 Å². The predicted molar refractivity (Wildman–Crippen MR) is 90.4 cm³/mol. The van der Waals surface area contributed by atoms with E-state index in [2.05, 4.69) is 4.98 Å². The number of halogens is 1. The molecule has 0 spiro atoms. The number of nitrogens with zero attached hydrogens (tertiary/aromatic N) is 2. The Balaban J connectivity index is 2.20. The van der Waals surface area contributed by atoms with Crippen LogP contribution in [0.25, 0.3) is 11.1 Å². The van der Waals surface area contributed by atoms with Crippen LogP contribution < -0.4 is 4.74 Å². The molecule has 25 heavy (non-hydrogen) atoms. The molecule has 0 atom stereocenters. The minimum atomic E-state index is -0.792. The lowest BCUT2D eigenvalue weighted by molar-refractivity contribution is -0.152. The van der Waals surface area contributed by atoms with Gasteiger partial charge >= 0.3 is 5.97 Å². The van der Waals surface area contributed by atoms with Crippen molar-refractivity contribution < 1.29 is 18.7 Å². The molecule has 1 heterocycles. The van der Waals surface area contributed by atoms with E-state index in [0.717, 1.165) is 11.1 Å². The van der Waals surface area contributed by atoms with Gasteiger partial charge in [0.05, 0.1) is 18.1 Å². The maximum atomic E-state index is 13.8. The van der Waals surface area contributed by atoms with Crippen molar-refractivity contribution in [3.8, 4) is 23.1 Å². The third-order valence-corrected chi connectivity index (χ3v) is 3.81. The van der Waals surface area contributed by atoms with Crippen LogP contribution in [0.3, 0.4) is 0 Å². The van der Waals surface area contributed by atoms with Gasteiger partial charge in [-0.05, 0) is 44.0 Å². The highest BCUT2D eigenvalue weighted by Gasteiger charge is 2.30. The molecular formula is C19H19FN2O3. The molecule has 0 bridgehead atoms. The molecule has 6 heteroatoms. The molecule has 0 aliphatic heterocycles. The van der Waals surface area contributed by atoms with E-state index in [4.69, 9.17) is 14.7 Å². The van der Waals surface area contributed by atoms with Gasteiger partial charge in [-0.2, -0.15) is 5.26 Å². The molecule has 5 nitrogen and oxygen atoms in total. The number of hydrogen-bond donors (Lipinski definition) is 0. The van der Waals surface area contributed by atoms with Crippen LogP contribution in [0.1, 0.15) is 25.0 Å². The summed E-state index contributed by atoms with van der Waals surface area (Å²) in [6, 6.07) is 7.94. The molecule has 0 amide bonds. The van der Waals surface area contributed by atoms with E-state index in [9.17, 15) is 9.18 Å². The van der Waals surface area contributed by atoms with Gasteiger partial charge in [0.25, 0.3) is 0 Å². The molecule has 130 valence electrons. The monoisotopic (exact) mass is 342 g/mol. The summed E-state index contributed by atoms with van der Waals surface area (Å²) in [6.45, 7) is 5.42. The van der Waals surface area contributed by atoms with Gasteiger partial charge in [0.1, 0.15) is 18.5 Å². The first-order valence-corrected chi connectivity index (χ1v) is 7.66. The number of esters is 1. The third kappa shape index (κ3) is 4.13. The Bertz CT molecular complexity index is 841. The number of carbonyl (C=O) groups excluding carboxylic acids is 1. The molecule has 0 saturated heterocycles. The first-order valence-electron chi connectivity index (χ1n) is 7.66. The Morgan fingerprint density at radius 2 is 2.08 bits per heavy atom. The summed E-state index contributed by atoms with van der Waals surface area (Å²) in [7, 11) is 1.33. The second kappa shape index (κ2) is 7.31. The van der Waals surface area contributed by atoms with Crippen molar-refractivity contribution in [3.63, 3.8) is 0 Å². The second-order valence-corrected chi connectivity index (χ2v) is 6.31. The van der Waals surface area contributed by atoms with Gasteiger partial charge in [0.2, 0.25) is 5.88 Å². The Hall–Kier alpha value is -2.94. The van der Waals surface area contributed by atoms with Gasteiger partial charge < -0.3 is 9.47 Å². The van der Waals surface area contributed by atoms with Gasteiger partial charge in [0.15, 0.2) is 0 Å². The molecule has 1 aromatic carbocycles. The molecule has 0 aliphatic rings. The summed E-state index contributed by atoms with van der Waals surface area (Å²) in [4.78, 5) is 15.9. The highest BCUT2D eigenvalue weighted by Crippen LogP contribution is 2.27. The van der Waals surface area contributed by atoms with Crippen LogP contribution >= 0.6 is 0 Å². The average Bonchev–Trinajstić information content (AvgIpc) is 2.59. The molecule has 0 fully saturated rings. The zero-order valence-electron chi connectivity index (χ0n) is 14.6. The minimum Gasteiger partial charge on any atom is -0.476 e. The number of ether oxygens (including phenoxy) is 2. The maximum absolute atomic E-state index is 13.8. The number of methoxy groups -OCH3 is 1. The van der Waals surface area contributed by atoms with Crippen LogP contribution in [0, 0.1) is 29.5 Å². The predicted octanol–water partition coefficient (Wildman–Crippen LogP) is 3.65. The number of pyridine rings is 1. The number of aromatic nitrogens is 1. The highest BCUT2D eigenvalue weighted by molar-refractivity contribution is 5.76. The molecule has 2 aromatic rings. The normalized spacial score (nSPS) is 10.9. The molecule has 0 N–H and O–H groups in total. The summed E-state index contributed by atoms with van der Waals surface area (Å²) in [5.41, 5.74) is 1.41. The number of hydrogen-bond acceptors (Lipinski definition) is 5. The van der Waals surface area contributed by atoms with Crippen LogP contribution in [0.15, 0.2) is 30.5 Å². The SMILES string of the molecule is COC(=O)C(C)(C)COc1cc(C)c(-c2ccc(C#N)c(F)c2)cn1. The standard InChI is InChI=1S/C19H19FN2O3/c1-12-7-17(25-11-19(2,3)18(23)24-4)22-10-15(12)13-5-6-14(9-21)16(20)8-13/h5-8,10H,11H2,1-4H3. The van der Waals surface area contributed by atoms with E-state index >= 15 is 0 Å². The van der Waals surface area contributed by atoms with E-state index in [-0.39, 0.29) is 18.1 Å². The van der Waals surface area contributed by atoms with E-state index in [0.29, 0.717) is 11.4 Å². The van der Waals surface area contributed by atoms with E-state index < -0.39 is 11.2 Å². The van der Waals surface area contributed by atoms with Crippen molar-refractivity contribution in [3.05, 3.63) is 47.4 Å². The number of carbonyl (C=O) groups is 1. The number of rotatable bonds is 5. The van der Waals surface area contributed by atoms with Gasteiger partial charge in [-0.3, -0.25) is 4.79 Å². The third-order valence-electron chi connectivity index (χ3n) is 3.81. The molecule has 0 unspecified atom stereocenters. The fourth-order valence-corrected chi connectivity index (χ4v) is 2.27. The van der Waals surface area contributed by atoms with Crippen molar-refractivity contribution in [2.45, 2.75) is 20.8 Å². The van der Waals surface area contributed by atoms with Crippen LogP contribution in [0.2, 0.25) is 0 Å².